The highest BCUT2D eigenvalue weighted by Crippen LogP contribution is 2.24. The number of carboxylic acid groups (broad SMARTS) is 1. The van der Waals surface area contributed by atoms with E-state index in [1.54, 1.807) is 32.0 Å². The summed E-state index contributed by atoms with van der Waals surface area (Å²) in [6.07, 6.45) is -0.0703. The average Bonchev–Trinajstić information content (AvgIpc) is 2.55. The Labute approximate surface area is 138 Å². The van der Waals surface area contributed by atoms with Crippen molar-refractivity contribution < 1.29 is 23.8 Å². The van der Waals surface area contributed by atoms with E-state index in [1.807, 2.05) is 0 Å². The molecule has 128 valence electrons. The van der Waals surface area contributed by atoms with Gasteiger partial charge in [0.05, 0.1) is 31.1 Å². The van der Waals surface area contributed by atoms with Gasteiger partial charge in [-0.3, -0.25) is 4.79 Å². The van der Waals surface area contributed by atoms with Crippen molar-refractivity contribution in [3.05, 3.63) is 39.7 Å². The molecule has 0 bridgehead atoms. The predicted octanol–water partition coefficient (Wildman–Crippen LogP) is 0.297. The van der Waals surface area contributed by atoms with E-state index >= 15 is 0 Å². The molecule has 0 saturated carbocycles. The van der Waals surface area contributed by atoms with Crippen molar-refractivity contribution in [2.45, 2.75) is 32.7 Å². The third-order valence-electron chi connectivity index (χ3n) is 3.86. The van der Waals surface area contributed by atoms with E-state index in [0.29, 0.717) is 22.3 Å². The summed E-state index contributed by atoms with van der Waals surface area (Å²) in [4.78, 5) is 35.1. The summed E-state index contributed by atoms with van der Waals surface area (Å²) in [5.41, 5.74) is 0.533. The monoisotopic (exact) mass is 332 g/mol. The number of rotatable bonds is 6. The average molecular weight is 332 g/mol. The largest absolute Gasteiger partial charge is 0.548 e. The third-order valence-corrected chi connectivity index (χ3v) is 3.86. The number of carboxylic acids is 1. The highest BCUT2D eigenvalue weighted by Gasteiger charge is 2.17. The van der Waals surface area contributed by atoms with E-state index in [-0.39, 0.29) is 18.4 Å². The zero-order valence-corrected chi connectivity index (χ0v) is 13.7. The first-order valence-corrected chi connectivity index (χ1v) is 7.47. The Morgan fingerprint density at radius 2 is 2.08 bits per heavy atom. The molecule has 1 aromatic heterocycles. The van der Waals surface area contributed by atoms with E-state index in [1.165, 1.54) is 7.11 Å². The van der Waals surface area contributed by atoms with Crippen LogP contribution in [0.15, 0.2) is 27.4 Å². The Balaban J connectivity index is 2.34. The van der Waals surface area contributed by atoms with Crippen LogP contribution in [0.3, 0.4) is 0 Å². The fourth-order valence-electron chi connectivity index (χ4n) is 2.44. The summed E-state index contributed by atoms with van der Waals surface area (Å²) in [6.45, 7) is 3.33. The molecule has 7 nitrogen and oxygen atoms in total. The van der Waals surface area contributed by atoms with E-state index in [9.17, 15) is 19.5 Å². The van der Waals surface area contributed by atoms with Crippen molar-refractivity contribution in [2.24, 2.45) is 0 Å². The van der Waals surface area contributed by atoms with Crippen LogP contribution in [-0.4, -0.2) is 25.0 Å². The highest BCUT2D eigenvalue weighted by molar-refractivity contribution is 5.87. The number of aryl methyl sites for hydroxylation is 1. The zero-order valence-electron chi connectivity index (χ0n) is 13.7. The minimum absolute atomic E-state index is 0.193. The number of fused-ring (bicyclic) bond motifs is 1. The normalized spacial score (nSPS) is 12.0. The van der Waals surface area contributed by atoms with Crippen molar-refractivity contribution in [3.63, 3.8) is 0 Å². The Bertz CT molecular complexity index is 839. The third kappa shape index (κ3) is 3.56. The second-order valence-electron chi connectivity index (χ2n) is 5.38. The van der Waals surface area contributed by atoms with Crippen molar-refractivity contribution in [1.29, 1.82) is 0 Å². The van der Waals surface area contributed by atoms with E-state index in [0.717, 1.165) is 0 Å². The molecule has 1 atom stereocenters. The summed E-state index contributed by atoms with van der Waals surface area (Å²) in [6, 6.07) is 3.97. The van der Waals surface area contributed by atoms with Crippen LogP contribution >= 0.6 is 0 Å². The van der Waals surface area contributed by atoms with Gasteiger partial charge in [0.15, 0.2) is 0 Å². The van der Waals surface area contributed by atoms with Crippen LogP contribution in [0.5, 0.6) is 5.75 Å². The summed E-state index contributed by atoms with van der Waals surface area (Å²) in [7, 11) is 1.51. The van der Waals surface area contributed by atoms with Gasteiger partial charge in [0.25, 0.3) is 0 Å². The van der Waals surface area contributed by atoms with Gasteiger partial charge < -0.3 is 24.4 Å². The predicted molar refractivity (Wildman–Crippen MR) is 84.7 cm³/mol. The molecule has 0 aliphatic heterocycles. The van der Waals surface area contributed by atoms with Gasteiger partial charge in [-0.25, -0.2) is 4.79 Å². The Kier molecular flexibility index (Phi) is 5.23. The first-order chi connectivity index (χ1) is 11.4. The second kappa shape index (κ2) is 7.16. The van der Waals surface area contributed by atoms with Gasteiger partial charge in [-0.15, -0.1) is 0 Å². The van der Waals surface area contributed by atoms with Gasteiger partial charge in [0, 0.05) is 11.5 Å². The maximum absolute atomic E-state index is 12.2. The molecule has 1 aromatic carbocycles. The number of amides is 1. The number of hydrogen-bond acceptors (Lipinski definition) is 6. The van der Waals surface area contributed by atoms with E-state index in [2.05, 4.69) is 5.32 Å². The molecule has 0 aliphatic rings. The van der Waals surface area contributed by atoms with Crippen LogP contribution < -0.4 is 20.8 Å². The first-order valence-electron chi connectivity index (χ1n) is 7.47. The second-order valence-corrected chi connectivity index (χ2v) is 5.38. The van der Waals surface area contributed by atoms with Crippen LogP contribution in [0.25, 0.3) is 11.0 Å². The SMILES string of the molecule is CC[C@H](NC(=O)Cc1c(C)c2ccc(OC)cc2oc1=O)C(=O)[O-]. The number of nitrogens with one attached hydrogen (secondary N) is 1. The van der Waals surface area contributed by atoms with Gasteiger partial charge >= 0.3 is 5.63 Å². The molecule has 2 aromatic rings. The number of methoxy groups -OCH3 is 1. The highest BCUT2D eigenvalue weighted by atomic mass is 16.5. The first kappa shape index (κ1) is 17.5. The molecule has 1 amide bonds. The van der Waals surface area contributed by atoms with Gasteiger partial charge in [0.2, 0.25) is 5.91 Å². The quantitative estimate of drug-likeness (QED) is 0.762. The number of carbonyl (C=O) groups is 2. The summed E-state index contributed by atoms with van der Waals surface area (Å²) in [5, 5.41) is 13.9. The van der Waals surface area contributed by atoms with Gasteiger partial charge in [-0.2, -0.15) is 0 Å². The van der Waals surface area contributed by atoms with Gasteiger partial charge in [-0.05, 0) is 31.0 Å². The minimum Gasteiger partial charge on any atom is -0.548 e. The summed E-state index contributed by atoms with van der Waals surface area (Å²) < 4.78 is 10.3. The molecule has 7 heteroatoms. The number of ether oxygens (including phenoxy) is 1. The van der Waals surface area contributed by atoms with Crippen molar-refractivity contribution in [2.75, 3.05) is 7.11 Å². The summed E-state index contributed by atoms with van der Waals surface area (Å²) in [5.74, 6) is -1.38. The van der Waals surface area contributed by atoms with Gasteiger partial charge in [0.1, 0.15) is 11.3 Å². The molecule has 2 rings (SSSR count). The fourth-order valence-corrected chi connectivity index (χ4v) is 2.44. The van der Waals surface area contributed by atoms with Crippen LogP contribution in [0.4, 0.5) is 0 Å². The topological polar surface area (TPSA) is 109 Å². The number of benzene rings is 1. The Morgan fingerprint density at radius 1 is 1.38 bits per heavy atom. The number of aliphatic carboxylic acids is 1. The maximum Gasteiger partial charge on any atom is 0.340 e. The fraction of sp³-hybridized carbons (Fsp3) is 0.353. The smallest absolute Gasteiger partial charge is 0.340 e. The summed E-state index contributed by atoms with van der Waals surface area (Å²) >= 11 is 0. The molecule has 0 spiro atoms. The number of hydrogen-bond donors (Lipinski definition) is 1. The lowest BCUT2D eigenvalue weighted by molar-refractivity contribution is -0.308. The Morgan fingerprint density at radius 3 is 2.67 bits per heavy atom. The lowest BCUT2D eigenvalue weighted by Crippen LogP contribution is -2.48. The molecule has 0 aliphatic carbocycles. The van der Waals surface area contributed by atoms with Crippen LogP contribution in [0.1, 0.15) is 24.5 Å². The zero-order chi connectivity index (χ0) is 17.9. The molecule has 1 N–H and O–H groups in total. The van der Waals surface area contributed by atoms with Crippen molar-refractivity contribution >= 4 is 22.8 Å². The van der Waals surface area contributed by atoms with Gasteiger partial charge in [-0.1, -0.05) is 6.92 Å². The molecule has 0 saturated heterocycles. The molecule has 0 radical (unpaired) electrons. The molecule has 0 unspecified atom stereocenters. The molecule has 0 fully saturated rings. The molecule has 1 heterocycles. The lowest BCUT2D eigenvalue weighted by Gasteiger charge is -2.18. The lowest BCUT2D eigenvalue weighted by atomic mass is 10.0. The maximum atomic E-state index is 12.2. The minimum atomic E-state index is -1.36. The molecular formula is C17H18NO6-. The van der Waals surface area contributed by atoms with Crippen LogP contribution in [0.2, 0.25) is 0 Å². The van der Waals surface area contributed by atoms with Crippen molar-refractivity contribution in [1.82, 2.24) is 5.32 Å². The Hall–Kier alpha value is -2.83. The number of carbonyl (C=O) groups excluding carboxylic acids is 2. The molecular weight excluding hydrogens is 314 g/mol. The van der Waals surface area contributed by atoms with E-state index < -0.39 is 23.5 Å². The van der Waals surface area contributed by atoms with Crippen LogP contribution in [0, 0.1) is 6.92 Å². The standard InChI is InChI=1S/C17H19NO6/c1-4-13(16(20)21)18-15(19)8-12-9(2)11-6-5-10(23-3)7-14(11)24-17(12)22/h5-7,13H,4,8H2,1-3H3,(H,18,19)(H,20,21)/p-1/t13-/m0/s1. The van der Waals surface area contributed by atoms with Crippen LogP contribution in [-0.2, 0) is 16.0 Å². The molecule has 24 heavy (non-hydrogen) atoms. The van der Waals surface area contributed by atoms with E-state index in [4.69, 9.17) is 9.15 Å². The van der Waals surface area contributed by atoms with Crippen molar-refractivity contribution in [3.8, 4) is 5.75 Å².